The summed E-state index contributed by atoms with van der Waals surface area (Å²) in [7, 11) is 1.71. The molecule has 0 spiro atoms. The topological polar surface area (TPSA) is 47.7 Å². The second-order valence-electron chi connectivity index (χ2n) is 6.56. The quantitative estimate of drug-likeness (QED) is 0.596. The highest BCUT2D eigenvalue weighted by molar-refractivity contribution is 4.95. The predicted molar refractivity (Wildman–Crippen MR) is 88.6 cm³/mol. The highest BCUT2D eigenvalue weighted by atomic mass is 16.5. The molecule has 4 heteroatoms. The third-order valence-electron chi connectivity index (χ3n) is 4.90. The van der Waals surface area contributed by atoms with Crippen LogP contribution in [0.25, 0.3) is 0 Å². The Hall–Kier alpha value is -0.160. The lowest BCUT2D eigenvalue weighted by atomic mass is 9.76. The van der Waals surface area contributed by atoms with E-state index in [2.05, 4.69) is 18.7 Å². The number of methoxy groups -OCH3 is 1. The molecule has 0 aromatic carbocycles. The van der Waals surface area contributed by atoms with Crippen molar-refractivity contribution in [3.63, 3.8) is 0 Å². The van der Waals surface area contributed by atoms with Crippen LogP contribution < -0.4 is 5.73 Å². The number of ether oxygens (including phenoxy) is 2. The number of nitrogens with two attached hydrogens (primary N) is 1. The van der Waals surface area contributed by atoms with E-state index in [4.69, 9.17) is 15.2 Å². The normalized spacial score (nSPS) is 26.4. The summed E-state index contributed by atoms with van der Waals surface area (Å²) in [5.41, 5.74) is 6.44. The summed E-state index contributed by atoms with van der Waals surface area (Å²) < 4.78 is 10.6. The highest BCUT2D eigenvalue weighted by Gasteiger charge is 2.37. The standard InChI is InChI=1S/C17H36N2O2/c1-4-10-19(11-5-12-21-14-13-20-3)17(15-18)8-6-16(2)7-9-17/h16H,4-15,18H2,1-3H3. The average Bonchev–Trinajstić information content (AvgIpc) is 2.51. The number of nitrogens with zero attached hydrogens (tertiary/aromatic N) is 1. The van der Waals surface area contributed by atoms with Crippen LogP contribution >= 0.6 is 0 Å². The SMILES string of the molecule is CCCN(CCCOCCOC)C1(CN)CCC(C)CC1. The summed E-state index contributed by atoms with van der Waals surface area (Å²) in [5.74, 6) is 0.866. The van der Waals surface area contributed by atoms with Crippen molar-refractivity contribution < 1.29 is 9.47 Å². The first-order valence-electron chi connectivity index (χ1n) is 8.70. The van der Waals surface area contributed by atoms with Gasteiger partial charge in [0.1, 0.15) is 0 Å². The zero-order valence-electron chi connectivity index (χ0n) is 14.4. The van der Waals surface area contributed by atoms with Crippen molar-refractivity contribution in [2.75, 3.05) is 46.6 Å². The zero-order valence-corrected chi connectivity index (χ0v) is 14.4. The van der Waals surface area contributed by atoms with Crippen LogP contribution in [0.1, 0.15) is 52.4 Å². The molecule has 0 saturated heterocycles. The van der Waals surface area contributed by atoms with Gasteiger partial charge >= 0.3 is 0 Å². The maximum atomic E-state index is 6.20. The van der Waals surface area contributed by atoms with Crippen LogP contribution in [0.3, 0.4) is 0 Å². The fourth-order valence-electron chi connectivity index (χ4n) is 3.41. The van der Waals surface area contributed by atoms with Gasteiger partial charge in [-0.25, -0.2) is 0 Å². The van der Waals surface area contributed by atoms with Crippen LogP contribution in [0, 0.1) is 5.92 Å². The van der Waals surface area contributed by atoms with E-state index in [0.717, 1.165) is 38.6 Å². The molecule has 1 aliphatic rings. The van der Waals surface area contributed by atoms with E-state index in [1.807, 2.05) is 0 Å². The van der Waals surface area contributed by atoms with Gasteiger partial charge in [0.25, 0.3) is 0 Å². The molecule has 0 amide bonds. The van der Waals surface area contributed by atoms with E-state index in [0.29, 0.717) is 13.2 Å². The first-order valence-corrected chi connectivity index (χ1v) is 8.70. The monoisotopic (exact) mass is 300 g/mol. The van der Waals surface area contributed by atoms with Gasteiger partial charge in [-0.3, -0.25) is 4.90 Å². The molecule has 2 N–H and O–H groups in total. The van der Waals surface area contributed by atoms with E-state index >= 15 is 0 Å². The summed E-state index contributed by atoms with van der Waals surface area (Å²) in [5, 5.41) is 0. The molecule has 4 nitrogen and oxygen atoms in total. The van der Waals surface area contributed by atoms with E-state index in [9.17, 15) is 0 Å². The van der Waals surface area contributed by atoms with Gasteiger partial charge in [0.15, 0.2) is 0 Å². The second kappa shape index (κ2) is 10.5. The van der Waals surface area contributed by atoms with Gasteiger partial charge in [-0.1, -0.05) is 13.8 Å². The van der Waals surface area contributed by atoms with Crippen molar-refractivity contribution in [2.24, 2.45) is 11.7 Å². The molecule has 1 aliphatic carbocycles. The van der Waals surface area contributed by atoms with Crippen LogP contribution in [-0.2, 0) is 9.47 Å². The lowest BCUT2D eigenvalue weighted by Crippen LogP contribution is -2.56. The predicted octanol–water partition coefficient (Wildman–Crippen LogP) is 2.66. The van der Waals surface area contributed by atoms with E-state index in [-0.39, 0.29) is 5.54 Å². The van der Waals surface area contributed by atoms with Crippen LogP contribution in [0.4, 0.5) is 0 Å². The minimum atomic E-state index is 0.245. The molecular weight excluding hydrogens is 264 g/mol. The Morgan fingerprint density at radius 2 is 1.86 bits per heavy atom. The Labute approximate surface area is 131 Å². The van der Waals surface area contributed by atoms with Crippen molar-refractivity contribution in [1.29, 1.82) is 0 Å². The fraction of sp³-hybridized carbons (Fsp3) is 1.00. The minimum Gasteiger partial charge on any atom is -0.382 e. The zero-order chi connectivity index (χ0) is 15.6. The Morgan fingerprint density at radius 3 is 2.43 bits per heavy atom. The first kappa shape index (κ1) is 18.9. The molecule has 0 aromatic rings. The van der Waals surface area contributed by atoms with Gasteiger partial charge in [0.2, 0.25) is 0 Å². The van der Waals surface area contributed by atoms with Crippen molar-refractivity contribution in [3.8, 4) is 0 Å². The molecule has 0 atom stereocenters. The Balaban J connectivity index is 2.42. The molecule has 1 rings (SSSR count). The lowest BCUT2D eigenvalue weighted by molar-refractivity contribution is 0.0272. The first-order chi connectivity index (χ1) is 10.2. The number of hydrogen-bond acceptors (Lipinski definition) is 4. The molecule has 0 unspecified atom stereocenters. The van der Waals surface area contributed by atoms with E-state index in [1.165, 1.54) is 32.1 Å². The van der Waals surface area contributed by atoms with E-state index in [1.54, 1.807) is 7.11 Å². The van der Waals surface area contributed by atoms with Crippen LogP contribution in [0.15, 0.2) is 0 Å². The van der Waals surface area contributed by atoms with E-state index < -0.39 is 0 Å². The van der Waals surface area contributed by atoms with Gasteiger partial charge in [0.05, 0.1) is 13.2 Å². The lowest BCUT2D eigenvalue weighted by Gasteiger charge is -2.47. The largest absolute Gasteiger partial charge is 0.382 e. The van der Waals surface area contributed by atoms with Crippen LogP contribution in [-0.4, -0.2) is 57.0 Å². The third kappa shape index (κ3) is 6.23. The Morgan fingerprint density at radius 1 is 1.14 bits per heavy atom. The fourth-order valence-corrected chi connectivity index (χ4v) is 3.41. The molecule has 0 heterocycles. The molecule has 1 saturated carbocycles. The molecule has 21 heavy (non-hydrogen) atoms. The summed E-state index contributed by atoms with van der Waals surface area (Å²) >= 11 is 0. The Bertz CT molecular complexity index is 253. The minimum absolute atomic E-state index is 0.245. The van der Waals surface area contributed by atoms with Gasteiger partial charge in [-0.15, -0.1) is 0 Å². The van der Waals surface area contributed by atoms with Crippen molar-refractivity contribution >= 4 is 0 Å². The average molecular weight is 300 g/mol. The summed E-state index contributed by atoms with van der Waals surface area (Å²) in [4.78, 5) is 2.65. The van der Waals surface area contributed by atoms with Gasteiger partial charge in [-0.2, -0.15) is 0 Å². The van der Waals surface area contributed by atoms with Crippen molar-refractivity contribution in [1.82, 2.24) is 4.90 Å². The third-order valence-corrected chi connectivity index (χ3v) is 4.90. The molecule has 0 radical (unpaired) electrons. The van der Waals surface area contributed by atoms with Crippen LogP contribution in [0.2, 0.25) is 0 Å². The van der Waals surface area contributed by atoms with Crippen molar-refractivity contribution in [3.05, 3.63) is 0 Å². The maximum absolute atomic E-state index is 6.20. The van der Waals surface area contributed by atoms with Crippen molar-refractivity contribution in [2.45, 2.75) is 57.9 Å². The summed E-state index contributed by atoms with van der Waals surface area (Å²) in [6.45, 7) is 9.89. The molecule has 1 fully saturated rings. The smallest absolute Gasteiger partial charge is 0.0700 e. The molecule has 0 aromatic heterocycles. The van der Waals surface area contributed by atoms with Crippen LogP contribution in [0.5, 0.6) is 0 Å². The van der Waals surface area contributed by atoms with Gasteiger partial charge < -0.3 is 15.2 Å². The van der Waals surface area contributed by atoms with Gasteiger partial charge in [-0.05, 0) is 51.0 Å². The molecule has 0 aliphatic heterocycles. The Kier molecular flexibility index (Phi) is 9.49. The number of hydrogen-bond donors (Lipinski definition) is 1. The molecule has 0 bridgehead atoms. The number of rotatable bonds is 11. The summed E-state index contributed by atoms with van der Waals surface area (Å²) in [6.07, 6.45) is 7.44. The van der Waals surface area contributed by atoms with Gasteiger partial charge in [0, 0.05) is 32.3 Å². The second-order valence-corrected chi connectivity index (χ2v) is 6.56. The molecule has 126 valence electrons. The molecular formula is C17H36N2O2. The highest BCUT2D eigenvalue weighted by Crippen LogP contribution is 2.36. The summed E-state index contributed by atoms with van der Waals surface area (Å²) in [6, 6.07) is 0. The maximum Gasteiger partial charge on any atom is 0.0700 e.